The van der Waals surface area contributed by atoms with E-state index in [-0.39, 0.29) is 21.8 Å². The van der Waals surface area contributed by atoms with Crippen molar-refractivity contribution in [2.24, 2.45) is 5.73 Å². The van der Waals surface area contributed by atoms with E-state index in [9.17, 15) is 8.42 Å². The largest absolute Gasteiger partial charge is 0.351 e. The van der Waals surface area contributed by atoms with Gasteiger partial charge in [0.05, 0.1) is 16.2 Å². The molecule has 3 aromatic heterocycles. The van der Waals surface area contributed by atoms with Gasteiger partial charge in [-0.3, -0.25) is 4.72 Å². The Morgan fingerprint density at radius 1 is 1.07 bits per heavy atom. The summed E-state index contributed by atoms with van der Waals surface area (Å²) in [5, 5.41) is 8.94. The molecular weight excluding hydrogens is 548 g/mol. The van der Waals surface area contributed by atoms with Crippen LogP contribution in [0.2, 0.25) is 5.02 Å². The van der Waals surface area contributed by atoms with E-state index in [1.165, 1.54) is 18.5 Å². The van der Waals surface area contributed by atoms with Crippen molar-refractivity contribution in [1.29, 1.82) is 0 Å². The summed E-state index contributed by atoms with van der Waals surface area (Å²) in [5.74, 6) is 0.784. The second-order valence-corrected chi connectivity index (χ2v) is 12.1. The highest BCUT2D eigenvalue weighted by molar-refractivity contribution is 7.92. The van der Waals surface area contributed by atoms with Crippen LogP contribution in [0.1, 0.15) is 38.2 Å². The fraction of sp³-hybridized carbons (Fsp3) is 0.286. The molecule has 0 amide bonds. The van der Waals surface area contributed by atoms with E-state index in [1.54, 1.807) is 22.7 Å². The van der Waals surface area contributed by atoms with Crippen molar-refractivity contribution in [3.63, 3.8) is 0 Å². The number of aromatic nitrogens is 5. The van der Waals surface area contributed by atoms with E-state index in [0.29, 0.717) is 17.5 Å². The van der Waals surface area contributed by atoms with Gasteiger partial charge in [0, 0.05) is 29.2 Å². The molecule has 0 atom stereocenters. The number of sulfonamides is 1. The Labute approximate surface area is 237 Å². The summed E-state index contributed by atoms with van der Waals surface area (Å²) < 4.78 is 30.3. The average molecular weight is 577 g/mol. The van der Waals surface area contributed by atoms with Crippen LogP contribution in [0, 0.1) is 0 Å². The van der Waals surface area contributed by atoms with Crippen molar-refractivity contribution in [3.05, 3.63) is 71.6 Å². The van der Waals surface area contributed by atoms with Crippen molar-refractivity contribution in [2.45, 2.75) is 56.0 Å². The third-order valence-electron chi connectivity index (χ3n) is 7.35. The van der Waals surface area contributed by atoms with Crippen LogP contribution >= 0.6 is 11.6 Å². The molecule has 0 aliphatic heterocycles. The molecule has 0 spiro atoms. The van der Waals surface area contributed by atoms with Gasteiger partial charge in [0.25, 0.3) is 10.0 Å². The van der Waals surface area contributed by atoms with Gasteiger partial charge >= 0.3 is 0 Å². The first-order valence-electron chi connectivity index (χ1n) is 13.2. The summed E-state index contributed by atoms with van der Waals surface area (Å²) in [6.45, 7) is 2.09. The number of aryl methyl sites for hydroxylation is 1. The van der Waals surface area contributed by atoms with E-state index in [1.807, 2.05) is 18.3 Å². The molecule has 1 aliphatic carbocycles. The quantitative estimate of drug-likeness (QED) is 0.245. The van der Waals surface area contributed by atoms with Crippen LogP contribution in [0.3, 0.4) is 0 Å². The average Bonchev–Trinajstić information content (AvgIpc) is 3.39. The molecule has 4 N–H and O–H groups in total. The van der Waals surface area contributed by atoms with Gasteiger partial charge in [-0.2, -0.15) is 5.10 Å². The van der Waals surface area contributed by atoms with E-state index in [0.717, 1.165) is 59.8 Å². The maximum absolute atomic E-state index is 13.1. The van der Waals surface area contributed by atoms with E-state index in [4.69, 9.17) is 22.3 Å². The first-order chi connectivity index (χ1) is 19.3. The van der Waals surface area contributed by atoms with Gasteiger partial charge in [-0.05, 0) is 74.1 Å². The number of nitrogens with two attached hydrogens (primary N) is 1. The molecule has 1 fully saturated rings. The Hall–Kier alpha value is -3.80. The molecule has 5 aromatic rings. The number of hydrogen-bond acceptors (Lipinski definition) is 8. The normalized spacial score (nSPS) is 17.8. The fourth-order valence-electron chi connectivity index (χ4n) is 5.23. The van der Waals surface area contributed by atoms with Crippen molar-refractivity contribution >= 4 is 49.8 Å². The molecule has 12 heteroatoms. The van der Waals surface area contributed by atoms with Crippen LogP contribution in [0.25, 0.3) is 27.7 Å². The summed E-state index contributed by atoms with van der Waals surface area (Å²) in [4.78, 5) is 13.6. The first kappa shape index (κ1) is 26.4. The predicted octanol–water partition coefficient (Wildman–Crippen LogP) is 5.04. The third-order valence-corrected chi connectivity index (χ3v) is 9.19. The highest BCUT2D eigenvalue weighted by Gasteiger charge is 2.22. The van der Waals surface area contributed by atoms with Gasteiger partial charge in [0.15, 0.2) is 5.82 Å². The molecule has 40 heavy (non-hydrogen) atoms. The predicted molar refractivity (Wildman–Crippen MR) is 157 cm³/mol. The number of anilines is 2. The third kappa shape index (κ3) is 5.07. The van der Waals surface area contributed by atoms with E-state index < -0.39 is 10.0 Å². The molecule has 0 unspecified atom stereocenters. The summed E-state index contributed by atoms with van der Waals surface area (Å²) in [6.07, 6.45) is 7.99. The van der Waals surface area contributed by atoms with E-state index in [2.05, 4.69) is 38.1 Å². The molecule has 10 nitrogen and oxygen atoms in total. The lowest BCUT2D eigenvalue weighted by Crippen LogP contribution is -2.33. The Kier molecular flexibility index (Phi) is 7.03. The number of nitrogens with one attached hydrogen (secondary N) is 2. The molecule has 6 rings (SSSR count). The highest BCUT2D eigenvalue weighted by atomic mass is 35.5. The summed E-state index contributed by atoms with van der Waals surface area (Å²) in [6, 6.07) is 14.7. The molecular formula is C28H29ClN8O2S. The summed E-state index contributed by atoms with van der Waals surface area (Å²) >= 11 is 6.14. The molecule has 1 saturated carbocycles. The van der Waals surface area contributed by atoms with Crippen molar-refractivity contribution in [1.82, 2.24) is 24.6 Å². The van der Waals surface area contributed by atoms with Crippen molar-refractivity contribution < 1.29 is 8.42 Å². The zero-order valence-electron chi connectivity index (χ0n) is 21.9. The van der Waals surface area contributed by atoms with Crippen LogP contribution < -0.4 is 15.8 Å². The van der Waals surface area contributed by atoms with Gasteiger partial charge in [-0.25, -0.2) is 27.9 Å². The zero-order chi connectivity index (χ0) is 27.9. The van der Waals surface area contributed by atoms with Gasteiger partial charge in [0.2, 0.25) is 5.95 Å². The zero-order valence-corrected chi connectivity index (χ0v) is 23.5. The minimum atomic E-state index is -3.96. The molecule has 0 radical (unpaired) electrons. The van der Waals surface area contributed by atoms with Gasteiger partial charge in [-0.1, -0.05) is 30.7 Å². The standard InChI is InChI=1S/C28H29ClN8O2S/c1-2-17-13-18(14-19-15-31-28(35-26(17)19)34-21-9-7-20(30)8-10-21)23-11-12-24-27(32-16-33-37(23)24)36-40(38,39)25-6-4-3-5-22(25)29/h3-6,11-16,20-21H,2,7-10,30H2,1H3,(H,31,34,35)(H,32,33,36). The summed E-state index contributed by atoms with van der Waals surface area (Å²) in [5.41, 5.74) is 10.2. The molecule has 3 heterocycles. The number of nitrogens with zero attached hydrogens (tertiary/aromatic N) is 5. The monoisotopic (exact) mass is 576 g/mol. The van der Waals surface area contributed by atoms with Crippen LogP contribution in [0.5, 0.6) is 0 Å². The minimum absolute atomic E-state index is 0.0248. The van der Waals surface area contributed by atoms with Gasteiger partial charge < -0.3 is 11.1 Å². The molecule has 2 aromatic carbocycles. The molecule has 0 bridgehead atoms. The second kappa shape index (κ2) is 10.6. The maximum Gasteiger partial charge on any atom is 0.264 e. The van der Waals surface area contributed by atoms with Crippen LogP contribution in [-0.4, -0.2) is 45.1 Å². The van der Waals surface area contributed by atoms with Gasteiger partial charge in [-0.15, -0.1) is 0 Å². The Balaban J connectivity index is 1.34. The lowest BCUT2D eigenvalue weighted by atomic mass is 9.92. The molecule has 206 valence electrons. The van der Waals surface area contributed by atoms with Crippen LogP contribution in [-0.2, 0) is 16.4 Å². The number of hydrogen-bond donors (Lipinski definition) is 3. The second-order valence-electron chi connectivity index (χ2n) is 10.0. The lowest BCUT2D eigenvalue weighted by Gasteiger charge is -2.26. The van der Waals surface area contributed by atoms with E-state index >= 15 is 0 Å². The van der Waals surface area contributed by atoms with Crippen molar-refractivity contribution in [3.8, 4) is 11.3 Å². The number of fused-ring (bicyclic) bond motifs is 2. The number of benzene rings is 2. The molecule has 0 saturated heterocycles. The minimum Gasteiger partial charge on any atom is -0.351 e. The highest BCUT2D eigenvalue weighted by Crippen LogP contribution is 2.31. The fourth-order valence-corrected chi connectivity index (χ4v) is 6.77. The van der Waals surface area contributed by atoms with Crippen LogP contribution in [0.4, 0.5) is 11.8 Å². The van der Waals surface area contributed by atoms with Gasteiger partial charge in [0.1, 0.15) is 16.7 Å². The molecule has 1 aliphatic rings. The van der Waals surface area contributed by atoms with Crippen LogP contribution in [0.15, 0.2) is 66.0 Å². The Morgan fingerprint density at radius 3 is 2.65 bits per heavy atom. The Morgan fingerprint density at radius 2 is 1.88 bits per heavy atom. The SMILES string of the molecule is CCc1cc(-c2ccc3c(NS(=O)(=O)c4ccccc4Cl)ncnn23)cc2cnc(NC3CCC(N)CC3)nc12. The smallest absolute Gasteiger partial charge is 0.264 e. The maximum atomic E-state index is 13.1. The first-order valence-corrected chi connectivity index (χ1v) is 15.1. The number of halogens is 1. The summed E-state index contributed by atoms with van der Waals surface area (Å²) in [7, 11) is -3.96. The lowest BCUT2D eigenvalue weighted by molar-refractivity contribution is 0.410. The number of rotatable bonds is 7. The Bertz CT molecular complexity index is 1820. The van der Waals surface area contributed by atoms with Crippen molar-refractivity contribution in [2.75, 3.05) is 10.0 Å². The topological polar surface area (TPSA) is 140 Å².